The lowest BCUT2D eigenvalue weighted by Crippen LogP contribution is -2.33. The molecule has 1 fully saturated rings. The van der Waals surface area contributed by atoms with Crippen LogP contribution in [0.4, 0.5) is 0 Å². The zero-order chi connectivity index (χ0) is 11.8. The summed E-state index contributed by atoms with van der Waals surface area (Å²) in [5.74, 6) is 0. The monoisotopic (exact) mass is 251 g/mol. The summed E-state index contributed by atoms with van der Waals surface area (Å²) in [5, 5.41) is 3.91. The molecule has 1 aromatic carbocycles. The Labute approximate surface area is 104 Å². The molecule has 0 saturated carbocycles. The number of nitrogens with one attached hydrogen (secondary N) is 2. The lowest BCUT2D eigenvalue weighted by atomic mass is 10.1. The van der Waals surface area contributed by atoms with Crippen molar-refractivity contribution in [3.8, 4) is 0 Å². The van der Waals surface area contributed by atoms with E-state index in [0.29, 0.717) is 5.02 Å². The van der Waals surface area contributed by atoms with Crippen LogP contribution in [-0.4, -0.2) is 22.6 Å². The topological polar surface area (TPSA) is 49.8 Å². The average Bonchev–Trinajstić information content (AvgIpc) is 2.68. The highest BCUT2D eigenvalue weighted by Crippen LogP contribution is 2.25. The third kappa shape index (κ3) is 1.77. The molecule has 2 heterocycles. The first-order valence-corrected chi connectivity index (χ1v) is 6.24. The van der Waals surface area contributed by atoms with Crippen LogP contribution >= 0.6 is 11.6 Å². The van der Waals surface area contributed by atoms with Gasteiger partial charge in [0.2, 0.25) is 0 Å². The molecule has 5 heteroatoms. The van der Waals surface area contributed by atoms with Gasteiger partial charge in [0, 0.05) is 6.04 Å². The number of nitrogens with zero attached hydrogens (tertiary/aromatic N) is 1. The molecular formula is C12H14ClN3O. The van der Waals surface area contributed by atoms with E-state index < -0.39 is 0 Å². The van der Waals surface area contributed by atoms with Gasteiger partial charge in [-0.15, -0.1) is 0 Å². The molecule has 2 aromatic rings. The molecule has 0 bridgehead atoms. The SMILES string of the molecule is O=c1[nH]c2c(Cl)cccc2n1C1CCNCC1. The minimum atomic E-state index is -0.0556. The second-order valence-electron chi connectivity index (χ2n) is 4.42. The largest absolute Gasteiger partial charge is 0.326 e. The predicted octanol–water partition coefficient (Wildman–Crippen LogP) is 1.91. The normalized spacial score (nSPS) is 17.7. The van der Waals surface area contributed by atoms with Gasteiger partial charge in [-0.3, -0.25) is 4.57 Å². The Kier molecular flexibility index (Phi) is 2.68. The van der Waals surface area contributed by atoms with Crippen molar-refractivity contribution in [3.05, 3.63) is 33.7 Å². The molecule has 90 valence electrons. The van der Waals surface area contributed by atoms with Crippen molar-refractivity contribution in [2.75, 3.05) is 13.1 Å². The lowest BCUT2D eigenvalue weighted by Gasteiger charge is -2.23. The second-order valence-corrected chi connectivity index (χ2v) is 4.82. The van der Waals surface area contributed by atoms with Gasteiger partial charge in [0.1, 0.15) is 0 Å². The maximum absolute atomic E-state index is 12.0. The number of H-pyrrole nitrogens is 1. The molecule has 0 aliphatic carbocycles. The maximum atomic E-state index is 12.0. The summed E-state index contributed by atoms with van der Waals surface area (Å²) in [6, 6.07) is 5.90. The fourth-order valence-electron chi connectivity index (χ4n) is 2.54. The van der Waals surface area contributed by atoms with Gasteiger partial charge >= 0.3 is 5.69 Å². The minimum Gasteiger partial charge on any atom is -0.317 e. The quantitative estimate of drug-likeness (QED) is 0.814. The van der Waals surface area contributed by atoms with E-state index in [-0.39, 0.29) is 11.7 Å². The number of benzene rings is 1. The fourth-order valence-corrected chi connectivity index (χ4v) is 2.76. The average molecular weight is 252 g/mol. The molecule has 0 radical (unpaired) electrons. The third-order valence-corrected chi connectivity index (χ3v) is 3.69. The van der Waals surface area contributed by atoms with Gasteiger partial charge < -0.3 is 10.3 Å². The number of hydrogen-bond acceptors (Lipinski definition) is 2. The van der Waals surface area contributed by atoms with E-state index in [0.717, 1.165) is 37.0 Å². The summed E-state index contributed by atoms with van der Waals surface area (Å²) in [4.78, 5) is 14.9. The summed E-state index contributed by atoms with van der Waals surface area (Å²) < 4.78 is 1.85. The van der Waals surface area contributed by atoms with Crippen LogP contribution in [-0.2, 0) is 0 Å². The second kappa shape index (κ2) is 4.20. The lowest BCUT2D eigenvalue weighted by molar-refractivity contribution is 0.368. The molecule has 0 atom stereocenters. The summed E-state index contributed by atoms with van der Waals surface area (Å²) in [6.45, 7) is 1.93. The molecule has 2 N–H and O–H groups in total. The molecule has 1 aliphatic rings. The number of piperidine rings is 1. The van der Waals surface area contributed by atoms with Crippen LogP contribution in [0.3, 0.4) is 0 Å². The predicted molar refractivity (Wildman–Crippen MR) is 68.7 cm³/mol. The zero-order valence-corrected chi connectivity index (χ0v) is 10.1. The molecule has 0 unspecified atom stereocenters. The van der Waals surface area contributed by atoms with Gasteiger partial charge in [-0.1, -0.05) is 17.7 Å². The molecule has 4 nitrogen and oxygen atoms in total. The van der Waals surface area contributed by atoms with E-state index in [4.69, 9.17) is 11.6 Å². The van der Waals surface area contributed by atoms with Crippen molar-refractivity contribution >= 4 is 22.6 Å². The van der Waals surface area contributed by atoms with Gasteiger partial charge in [0.25, 0.3) is 0 Å². The number of imidazole rings is 1. The minimum absolute atomic E-state index is 0.0556. The molecule has 3 rings (SSSR count). The number of rotatable bonds is 1. The van der Waals surface area contributed by atoms with Gasteiger partial charge in [0.05, 0.1) is 16.1 Å². The molecule has 0 amide bonds. The molecule has 1 saturated heterocycles. The third-order valence-electron chi connectivity index (χ3n) is 3.38. The summed E-state index contributed by atoms with van der Waals surface area (Å²) in [7, 11) is 0. The first-order chi connectivity index (χ1) is 8.27. The van der Waals surface area contributed by atoms with Crippen LogP contribution in [0.5, 0.6) is 0 Å². The smallest absolute Gasteiger partial charge is 0.317 e. The Balaban J connectivity index is 2.18. The van der Waals surface area contributed by atoms with E-state index in [2.05, 4.69) is 10.3 Å². The van der Waals surface area contributed by atoms with Crippen LogP contribution in [0, 0.1) is 0 Å². The molecular weight excluding hydrogens is 238 g/mol. The summed E-state index contributed by atoms with van der Waals surface area (Å²) >= 11 is 6.09. The molecule has 17 heavy (non-hydrogen) atoms. The van der Waals surface area contributed by atoms with Crippen LogP contribution in [0.1, 0.15) is 18.9 Å². The van der Waals surface area contributed by atoms with Crippen molar-refractivity contribution < 1.29 is 0 Å². The Morgan fingerprint density at radius 3 is 2.82 bits per heavy atom. The van der Waals surface area contributed by atoms with Crippen molar-refractivity contribution in [1.82, 2.24) is 14.9 Å². The van der Waals surface area contributed by atoms with Gasteiger partial charge in [-0.05, 0) is 38.1 Å². The van der Waals surface area contributed by atoms with Crippen LogP contribution in [0.2, 0.25) is 5.02 Å². The first kappa shape index (κ1) is 10.9. The van der Waals surface area contributed by atoms with Crippen LogP contribution in [0.25, 0.3) is 11.0 Å². The number of aromatic nitrogens is 2. The van der Waals surface area contributed by atoms with Gasteiger partial charge in [-0.25, -0.2) is 4.79 Å². The maximum Gasteiger partial charge on any atom is 0.326 e. The first-order valence-electron chi connectivity index (χ1n) is 5.87. The van der Waals surface area contributed by atoms with E-state index in [1.807, 2.05) is 16.7 Å². The molecule has 1 aromatic heterocycles. The highest BCUT2D eigenvalue weighted by atomic mass is 35.5. The zero-order valence-electron chi connectivity index (χ0n) is 9.37. The fraction of sp³-hybridized carbons (Fsp3) is 0.417. The van der Waals surface area contributed by atoms with Crippen LogP contribution in [0.15, 0.2) is 23.0 Å². The highest BCUT2D eigenvalue weighted by Gasteiger charge is 2.19. The Morgan fingerprint density at radius 1 is 1.29 bits per heavy atom. The van der Waals surface area contributed by atoms with Crippen molar-refractivity contribution in [2.24, 2.45) is 0 Å². The number of halogens is 1. The van der Waals surface area contributed by atoms with Crippen molar-refractivity contribution in [3.63, 3.8) is 0 Å². The molecule has 0 spiro atoms. The van der Waals surface area contributed by atoms with Crippen LogP contribution < -0.4 is 11.0 Å². The Bertz CT molecular complexity index is 595. The standard InChI is InChI=1S/C12H14ClN3O/c13-9-2-1-3-10-11(9)15-12(17)16(10)8-4-6-14-7-5-8/h1-3,8,14H,4-7H2,(H,15,17). The van der Waals surface area contributed by atoms with Crippen molar-refractivity contribution in [1.29, 1.82) is 0 Å². The van der Waals surface area contributed by atoms with Gasteiger partial charge in [-0.2, -0.15) is 0 Å². The number of fused-ring (bicyclic) bond motifs is 1. The van der Waals surface area contributed by atoms with E-state index in [1.54, 1.807) is 6.07 Å². The van der Waals surface area contributed by atoms with E-state index in [1.165, 1.54) is 0 Å². The van der Waals surface area contributed by atoms with Crippen molar-refractivity contribution in [2.45, 2.75) is 18.9 Å². The van der Waals surface area contributed by atoms with E-state index in [9.17, 15) is 4.79 Å². The number of aromatic amines is 1. The number of hydrogen-bond donors (Lipinski definition) is 2. The highest BCUT2D eigenvalue weighted by molar-refractivity contribution is 6.34. The Morgan fingerprint density at radius 2 is 2.06 bits per heavy atom. The summed E-state index contributed by atoms with van der Waals surface area (Å²) in [6.07, 6.45) is 1.97. The summed E-state index contributed by atoms with van der Waals surface area (Å²) in [5.41, 5.74) is 1.60. The number of para-hydroxylation sites is 1. The Hall–Kier alpha value is -1.26. The van der Waals surface area contributed by atoms with Gasteiger partial charge in [0.15, 0.2) is 0 Å². The van der Waals surface area contributed by atoms with E-state index >= 15 is 0 Å². The molecule has 1 aliphatic heterocycles.